The van der Waals surface area contributed by atoms with Crippen LogP contribution in [0.2, 0.25) is 0 Å². The highest BCUT2D eigenvalue weighted by molar-refractivity contribution is 7.89. The van der Waals surface area contributed by atoms with Gasteiger partial charge in [-0.25, -0.2) is 13.1 Å². The molecule has 0 aliphatic carbocycles. The summed E-state index contributed by atoms with van der Waals surface area (Å²) < 4.78 is 29.0. The molecule has 2 aromatic heterocycles. The number of hydrogen-bond donors (Lipinski definition) is 1. The van der Waals surface area contributed by atoms with E-state index in [1.807, 2.05) is 47.8 Å². The Morgan fingerprint density at radius 1 is 0.970 bits per heavy atom. The molecule has 4 aromatic rings. The van der Waals surface area contributed by atoms with Gasteiger partial charge in [0.2, 0.25) is 10.0 Å². The monoisotopic (exact) mass is 478 g/mol. The fourth-order valence-corrected chi connectivity index (χ4v) is 6.15. The number of amides is 1. The lowest BCUT2D eigenvalue weighted by Crippen LogP contribution is -2.27. The molecule has 9 heteroatoms. The average molecular weight is 479 g/mol. The van der Waals surface area contributed by atoms with Gasteiger partial charge in [0, 0.05) is 25.0 Å². The first-order chi connectivity index (χ1) is 16.0. The van der Waals surface area contributed by atoms with E-state index >= 15 is 0 Å². The second kappa shape index (κ2) is 8.93. The SMILES string of the molecule is O=C(Nc1cccc(S(=O)(=O)N2CCCC2)c1)c1cn(-c2ccccc2)nc1-c1cccs1. The van der Waals surface area contributed by atoms with Crippen LogP contribution >= 0.6 is 11.3 Å². The molecular formula is C24H22N4O3S2. The van der Waals surface area contributed by atoms with Crippen LogP contribution in [0, 0.1) is 0 Å². The highest BCUT2D eigenvalue weighted by Gasteiger charge is 2.27. The van der Waals surface area contributed by atoms with E-state index in [2.05, 4.69) is 10.4 Å². The second-order valence-electron chi connectivity index (χ2n) is 7.74. The van der Waals surface area contributed by atoms with Crippen molar-refractivity contribution in [3.8, 4) is 16.3 Å². The zero-order valence-electron chi connectivity index (χ0n) is 17.7. The van der Waals surface area contributed by atoms with Crippen molar-refractivity contribution >= 4 is 33.0 Å². The van der Waals surface area contributed by atoms with Crippen LogP contribution in [0.25, 0.3) is 16.3 Å². The number of para-hydroxylation sites is 1. The quantitative estimate of drug-likeness (QED) is 0.438. The minimum Gasteiger partial charge on any atom is -0.322 e. The number of aromatic nitrogens is 2. The van der Waals surface area contributed by atoms with Gasteiger partial charge in [-0.1, -0.05) is 30.3 Å². The van der Waals surface area contributed by atoms with Crippen molar-refractivity contribution in [2.45, 2.75) is 17.7 Å². The third kappa shape index (κ3) is 4.35. The molecule has 1 aliphatic heterocycles. The third-order valence-electron chi connectivity index (χ3n) is 5.53. The predicted octanol–water partition coefficient (Wildman–Crippen LogP) is 4.64. The number of nitrogens with one attached hydrogen (secondary N) is 1. The van der Waals surface area contributed by atoms with Gasteiger partial charge in [-0.2, -0.15) is 9.40 Å². The molecule has 1 saturated heterocycles. The zero-order valence-corrected chi connectivity index (χ0v) is 19.3. The van der Waals surface area contributed by atoms with E-state index in [-0.39, 0.29) is 10.8 Å². The van der Waals surface area contributed by atoms with Crippen molar-refractivity contribution in [2.24, 2.45) is 0 Å². The van der Waals surface area contributed by atoms with Crippen LogP contribution in [0.3, 0.4) is 0 Å². The molecule has 0 unspecified atom stereocenters. The number of carbonyl (C=O) groups excluding carboxylic acids is 1. The molecular weight excluding hydrogens is 456 g/mol. The van der Waals surface area contributed by atoms with Gasteiger partial charge in [-0.05, 0) is 54.6 Å². The maximum Gasteiger partial charge on any atom is 0.259 e. The van der Waals surface area contributed by atoms with E-state index < -0.39 is 10.0 Å². The van der Waals surface area contributed by atoms with Gasteiger partial charge in [-0.15, -0.1) is 11.3 Å². The average Bonchev–Trinajstić information content (AvgIpc) is 3.61. The maximum absolute atomic E-state index is 13.3. The summed E-state index contributed by atoms with van der Waals surface area (Å²) in [5.41, 5.74) is 2.25. The van der Waals surface area contributed by atoms with Crippen molar-refractivity contribution in [3.05, 3.63) is 83.9 Å². The number of rotatable bonds is 6. The molecule has 1 fully saturated rings. The normalized spacial score (nSPS) is 14.4. The van der Waals surface area contributed by atoms with Crippen LogP contribution in [0.5, 0.6) is 0 Å². The lowest BCUT2D eigenvalue weighted by atomic mass is 10.2. The number of carbonyl (C=O) groups is 1. The highest BCUT2D eigenvalue weighted by atomic mass is 32.2. The molecule has 0 spiro atoms. The van der Waals surface area contributed by atoms with Gasteiger partial charge >= 0.3 is 0 Å². The fraction of sp³-hybridized carbons (Fsp3) is 0.167. The summed E-state index contributed by atoms with van der Waals surface area (Å²) in [6.07, 6.45) is 3.43. The van der Waals surface area contributed by atoms with Crippen LogP contribution in [-0.4, -0.2) is 41.5 Å². The molecule has 0 atom stereocenters. The summed E-state index contributed by atoms with van der Waals surface area (Å²) in [5.74, 6) is -0.351. The number of benzene rings is 2. The van der Waals surface area contributed by atoms with E-state index in [1.54, 1.807) is 29.1 Å². The van der Waals surface area contributed by atoms with Gasteiger partial charge < -0.3 is 5.32 Å². The molecule has 3 heterocycles. The molecule has 2 aromatic carbocycles. The Balaban J connectivity index is 1.46. The van der Waals surface area contributed by atoms with Crippen LogP contribution in [-0.2, 0) is 10.0 Å². The largest absolute Gasteiger partial charge is 0.322 e. The van der Waals surface area contributed by atoms with E-state index in [4.69, 9.17) is 0 Å². The van der Waals surface area contributed by atoms with E-state index in [9.17, 15) is 13.2 Å². The van der Waals surface area contributed by atoms with Crippen molar-refractivity contribution in [3.63, 3.8) is 0 Å². The van der Waals surface area contributed by atoms with Gasteiger partial charge in [0.05, 0.1) is 21.0 Å². The van der Waals surface area contributed by atoms with Gasteiger partial charge in [0.1, 0.15) is 5.69 Å². The number of hydrogen-bond acceptors (Lipinski definition) is 5. The molecule has 1 N–H and O–H groups in total. The summed E-state index contributed by atoms with van der Waals surface area (Å²) in [6, 6.07) is 19.8. The zero-order chi connectivity index (χ0) is 22.8. The number of anilines is 1. The number of thiophene rings is 1. The first-order valence-electron chi connectivity index (χ1n) is 10.6. The molecule has 0 saturated carbocycles. The first kappa shape index (κ1) is 21.6. The summed E-state index contributed by atoms with van der Waals surface area (Å²) in [6.45, 7) is 1.06. The van der Waals surface area contributed by atoms with Gasteiger partial charge in [-0.3, -0.25) is 4.79 Å². The van der Waals surface area contributed by atoms with Gasteiger partial charge in [0.15, 0.2) is 0 Å². The molecule has 33 heavy (non-hydrogen) atoms. The van der Waals surface area contributed by atoms with Crippen molar-refractivity contribution in [1.82, 2.24) is 14.1 Å². The molecule has 1 amide bonds. The second-order valence-corrected chi connectivity index (χ2v) is 10.6. The van der Waals surface area contributed by atoms with E-state index in [0.717, 1.165) is 23.4 Å². The molecule has 5 rings (SSSR count). The van der Waals surface area contributed by atoms with E-state index in [1.165, 1.54) is 21.7 Å². The summed E-state index contributed by atoms with van der Waals surface area (Å²) >= 11 is 1.50. The molecule has 0 radical (unpaired) electrons. The Morgan fingerprint density at radius 2 is 1.76 bits per heavy atom. The standard InChI is InChI=1S/C24H22N4O3S2/c29-24(25-18-8-6-11-20(16-18)33(30,31)27-13-4-5-14-27)21-17-28(19-9-2-1-3-10-19)26-23(21)22-12-7-15-32-22/h1-3,6-12,15-17H,4-5,13-14H2,(H,25,29). The Morgan fingerprint density at radius 3 is 2.48 bits per heavy atom. The molecule has 1 aliphatic rings. The molecule has 7 nitrogen and oxygen atoms in total. The Bertz CT molecular complexity index is 1370. The van der Waals surface area contributed by atoms with Crippen molar-refractivity contribution in [1.29, 1.82) is 0 Å². The lowest BCUT2D eigenvalue weighted by molar-refractivity contribution is 0.102. The predicted molar refractivity (Wildman–Crippen MR) is 129 cm³/mol. The summed E-state index contributed by atoms with van der Waals surface area (Å²) in [5, 5.41) is 9.45. The fourth-order valence-electron chi connectivity index (χ4n) is 3.86. The first-order valence-corrected chi connectivity index (χ1v) is 12.9. The van der Waals surface area contributed by atoms with Gasteiger partial charge in [0.25, 0.3) is 5.91 Å². The maximum atomic E-state index is 13.3. The Kier molecular flexibility index (Phi) is 5.84. The van der Waals surface area contributed by atoms with Crippen molar-refractivity contribution < 1.29 is 13.2 Å². The van der Waals surface area contributed by atoms with Crippen LogP contribution in [0.15, 0.2) is 83.2 Å². The smallest absolute Gasteiger partial charge is 0.259 e. The topological polar surface area (TPSA) is 84.3 Å². The van der Waals surface area contributed by atoms with Crippen molar-refractivity contribution in [2.75, 3.05) is 18.4 Å². The molecule has 0 bridgehead atoms. The lowest BCUT2D eigenvalue weighted by Gasteiger charge is -2.16. The van der Waals surface area contributed by atoms with Crippen LogP contribution in [0.4, 0.5) is 5.69 Å². The number of sulfonamides is 1. The molecule has 168 valence electrons. The minimum atomic E-state index is -3.57. The number of nitrogens with zero attached hydrogens (tertiary/aromatic N) is 3. The van der Waals surface area contributed by atoms with Crippen LogP contribution < -0.4 is 5.32 Å². The Labute approximate surface area is 196 Å². The van der Waals surface area contributed by atoms with E-state index in [0.29, 0.717) is 30.0 Å². The summed E-state index contributed by atoms with van der Waals surface area (Å²) in [7, 11) is -3.57. The Hall–Kier alpha value is -3.27. The third-order valence-corrected chi connectivity index (χ3v) is 8.30. The summed E-state index contributed by atoms with van der Waals surface area (Å²) in [4.78, 5) is 14.3. The van der Waals surface area contributed by atoms with Crippen LogP contribution in [0.1, 0.15) is 23.2 Å². The highest BCUT2D eigenvalue weighted by Crippen LogP contribution is 2.29. The minimum absolute atomic E-state index is 0.181.